The van der Waals surface area contributed by atoms with E-state index in [1.165, 1.54) is 263 Å². The number of carbonyl (C=O) groups is 3. The van der Waals surface area contributed by atoms with E-state index < -0.39 is 24.3 Å². The van der Waals surface area contributed by atoms with Gasteiger partial charge in [0.2, 0.25) is 0 Å². The largest absolute Gasteiger partial charge is 0.477 e. The Labute approximate surface area is 551 Å². The molecular formula is C80H146NO8+. The Kier molecular flexibility index (Phi) is 68.0. The molecule has 0 aromatic carbocycles. The first-order valence-electron chi connectivity index (χ1n) is 38.1. The molecule has 0 heterocycles. The SMILES string of the molecule is CC/C=C\C/C=C\C/C=C\C/C=C\CCCCCCCCCCCCCCC(=O)OC(COC(=O)CCCCCCCCCCCCCCCCCCCCCCCCCCCCC/C=C\C/C=C\CCCCCCC)COC(OCC[N+](C)(C)C)C(=O)O. The molecule has 0 bridgehead atoms. The van der Waals surface area contributed by atoms with Gasteiger partial charge < -0.3 is 28.5 Å². The Hall–Kier alpha value is -3.27. The highest BCUT2D eigenvalue weighted by atomic mass is 16.7. The van der Waals surface area contributed by atoms with Crippen LogP contribution in [0.1, 0.15) is 361 Å². The first kappa shape index (κ1) is 85.7. The van der Waals surface area contributed by atoms with Crippen molar-refractivity contribution >= 4 is 17.9 Å². The summed E-state index contributed by atoms with van der Waals surface area (Å²) in [6, 6.07) is 0. The molecule has 0 aromatic heterocycles. The Morgan fingerprint density at radius 3 is 0.955 bits per heavy atom. The Bertz CT molecular complexity index is 1690. The highest BCUT2D eigenvalue weighted by Gasteiger charge is 2.25. The van der Waals surface area contributed by atoms with Gasteiger partial charge in [0, 0.05) is 12.8 Å². The van der Waals surface area contributed by atoms with Crippen molar-refractivity contribution in [3.8, 4) is 0 Å². The molecule has 9 heteroatoms. The number of ether oxygens (including phenoxy) is 4. The number of nitrogens with zero attached hydrogens (tertiary/aromatic N) is 1. The van der Waals surface area contributed by atoms with Crippen molar-refractivity contribution in [2.24, 2.45) is 0 Å². The fourth-order valence-corrected chi connectivity index (χ4v) is 11.2. The maximum Gasteiger partial charge on any atom is 0.361 e. The fraction of sp³-hybridized carbons (Fsp3) is 0.812. The molecule has 9 nitrogen and oxygen atoms in total. The van der Waals surface area contributed by atoms with E-state index in [9.17, 15) is 19.5 Å². The van der Waals surface area contributed by atoms with Gasteiger partial charge in [-0.05, 0) is 83.5 Å². The van der Waals surface area contributed by atoms with Gasteiger partial charge in [-0.3, -0.25) is 9.59 Å². The van der Waals surface area contributed by atoms with E-state index in [4.69, 9.17) is 18.9 Å². The molecule has 0 spiro atoms. The molecule has 0 aliphatic carbocycles. The Morgan fingerprint density at radius 2 is 0.640 bits per heavy atom. The van der Waals surface area contributed by atoms with Gasteiger partial charge >= 0.3 is 17.9 Å². The van der Waals surface area contributed by atoms with Crippen molar-refractivity contribution < 1.29 is 42.9 Å². The molecule has 2 atom stereocenters. The number of carboxylic acid groups (broad SMARTS) is 1. The zero-order chi connectivity index (χ0) is 64.7. The van der Waals surface area contributed by atoms with Crippen molar-refractivity contribution in [1.82, 2.24) is 0 Å². The summed E-state index contributed by atoms with van der Waals surface area (Å²) in [6.07, 6.45) is 91.9. The van der Waals surface area contributed by atoms with Gasteiger partial charge in [0.05, 0.1) is 34.4 Å². The van der Waals surface area contributed by atoms with Crippen LogP contribution in [0.4, 0.5) is 0 Å². The molecule has 0 radical (unpaired) electrons. The first-order valence-corrected chi connectivity index (χ1v) is 38.1. The maximum atomic E-state index is 13.0. The highest BCUT2D eigenvalue weighted by molar-refractivity contribution is 5.71. The third kappa shape index (κ3) is 72.0. The monoisotopic (exact) mass is 1250 g/mol. The van der Waals surface area contributed by atoms with Gasteiger partial charge in [0.25, 0.3) is 6.29 Å². The summed E-state index contributed by atoms with van der Waals surface area (Å²) in [5, 5.41) is 9.76. The third-order valence-corrected chi connectivity index (χ3v) is 16.9. The summed E-state index contributed by atoms with van der Waals surface area (Å²) in [5.41, 5.74) is 0. The predicted octanol–water partition coefficient (Wildman–Crippen LogP) is 24.0. The number of likely N-dealkylation sites (N-methyl/N-ethyl adjacent to an activating group) is 1. The van der Waals surface area contributed by atoms with Crippen LogP contribution >= 0.6 is 0 Å². The van der Waals surface area contributed by atoms with Gasteiger partial charge in [-0.15, -0.1) is 0 Å². The van der Waals surface area contributed by atoms with Gasteiger partial charge in [-0.2, -0.15) is 0 Å². The number of hydrogen-bond donors (Lipinski definition) is 1. The number of hydrogen-bond acceptors (Lipinski definition) is 7. The molecule has 0 aliphatic rings. The Morgan fingerprint density at radius 1 is 0.348 bits per heavy atom. The zero-order valence-corrected chi connectivity index (χ0v) is 59.3. The zero-order valence-electron chi connectivity index (χ0n) is 59.3. The lowest BCUT2D eigenvalue weighted by Gasteiger charge is -2.25. The minimum atomic E-state index is -1.51. The van der Waals surface area contributed by atoms with Crippen LogP contribution in [0.15, 0.2) is 72.9 Å². The summed E-state index contributed by atoms with van der Waals surface area (Å²) in [4.78, 5) is 37.7. The molecule has 1 N–H and O–H groups in total. The average molecular weight is 1250 g/mol. The molecular weight excluding hydrogens is 1100 g/mol. The second kappa shape index (κ2) is 70.6. The van der Waals surface area contributed by atoms with E-state index in [1.54, 1.807) is 0 Å². The van der Waals surface area contributed by atoms with Gasteiger partial charge in [0.1, 0.15) is 13.2 Å². The van der Waals surface area contributed by atoms with Gasteiger partial charge in [-0.25, -0.2) is 4.79 Å². The lowest BCUT2D eigenvalue weighted by molar-refractivity contribution is -0.870. The number of esters is 2. The minimum Gasteiger partial charge on any atom is -0.477 e. The lowest BCUT2D eigenvalue weighted by Crippen LogP contribution is -2.40. The van der Waals surface area contributed by atoms with E-state index in [0.29, 0.717) is 17.4 Å². The number of allylic oxidation sites excluding steroid dienone is 12. The van der Waals surface area contributed by atoms with Crippen molar-refractivity contribution in [1.29, 1.82) is 0 Å². The maximum absolute atomic E-state index is 13.0. The molecule has 0 aliphatic heterocycles. The molecule has 89 heavy (non-hydrogen) atoms. The Balaban J connectivity index is 3.97. The number of aliphatic carboxylic acids is 1. The van der Waals surface area contributed by atoms with Crippen LogP contribution < -0.4 is 0 Å². The van der Waals surface area contributed by atoms with Crippen LogP contribution in [0.5, 0.6) is 0 Å². The second-order valence-corrected chi connectivity index (χ2v) is 26.9. The fourth-order valence-electron chi connectivity index (χ4n) is 11.2. The first-order chi connectivity index (χ1) is 43.6. The second-order valence-electron chi connectivity index (χ2n) is 26.9. The summed E-state index contributed by atoms with van der Waals surface area (Å²) >= 11 is 0. The topological polar surface area (TPSA) is 108 Å². The number of rotatable bonds is 71. The molecule has 0 amide bonds. The summed E-state index contributed by atoms with van der Waals surface area (Å²) in [6.45, 7) is 4.80. The predicted molar refractivity (Wildman–Crippen MR) is 383 cm³/mol. The molecule has 0 saturated heterocycles. The van der Waals surface area contributed by atoms with Gasteiger partial charge in [0.15, 0.2) is 6.10 Å². The number of carboxylic acids is 1. The van der Waals surface area contributed by atoms with Crippen LogP contribution in [0.2, 0.25) is 0 Å². The quantitative estimate of drug-likeness (QED) is 0.0211. The van der Waals surface area contributed by atoms with Crippen molar-refractivity contribution in [2.45, 2.75) is 373 Å². The molecule has 0 fully saturated rings. The van der Waals surface area contributed by atoms with E-state index >= 15 is 0 Å². The standard InChI is InChI=1S/C80H145NO8/c1-6-8-10-12-14-16-18-20-22-24-26-28-30-32-33-34-35-36-37-38-39-40-41-42-43-44-45-47-48-50-52-54-56-58-60-62-64-66-68-70-77(82)87-74-76(75-88-80(79(84)85)86-73-72-81(3,4)5)89-78(83)71-69-67-65-63-61-59-57-55-53-51-49-46-31-29-27-25-23-21-19-17-15-13-11-9-7-2/h9,11,15,17-18,20-21,23-24,26-27,29,76,80H,6-8,10,12-14,16,19,22,25,28,30-75H2,1-5H3/p+1/b11-9-,17-15-,20-18-,23-21-,26-24-,29-27-. The van der Waals surface area contributed by atoms with Crippen LogP contribution in [-0.2, 0) is 33.3 Å². The van der Waals surface area contributed by atoms with E-state index in [1.807, 2.05) is 21.1 Å². The molecule has 518 valence electrons. The summed E-state index contributed by atoms with van der Waals surface area (Å²) < 4.78 is 23.0. The van der Waals surface area contributed by atoms with Gasteiger partial charge in [-0.1, -0.05) is 337 Å². The number of carbonyl (C=O) groups excluding carboxylic acids is 2. The number of unbranched alkanes of at least 4 members (excludes halogenated alkanes) is 44. The van der Waals surface area contributed by atoms with Crippen LogP contribution in [-0.4, -0.2) is 87.4 Å². The lowest BCUT2D eigenvalue weighted by atomic mass is 10.0. The van der Waals surface area contributed by atoms with E-state index in [2.05, 4.69) is 86.8 Å². The van der Waals surface area contributed by atoms with Crippen LogP contribution in [0.25, 0.3) is 0 Å². The molecule has 0 rings (SSSR count). The van der Waals surface area contributed by atoms with Crippen molar-refractivity contribution in [2.75, 3.05) is 47.5 Å². The molecule has 0 saturated carbocycles. The van der Waals surface area contributed by atoms with Crippen LogP contribution in [0.3, 0.4) is 0 Å². The molecule has 0 aromatic rings. The minimum absolute atomic E-state index is 0.181. The molecule has 2 unspecified atom stereocenters. The summed E-state index contributed by atoms with van der Waals surface area (Å²) in [5.74, 6) is -1.99. The van der Waals surface area contributed by atoms with E-state index in [0.717, 1.165) is 70.6 Å². The van der Waals surface area contributed by atoms with Crippen molar-refractivity contribution in [3.05, 3.63) is 72.9 Å². The third-order valence-electron chi connectivity index (χ3n) is 16.9. The summed E-state index contributed by atoms with van der Waals surface area (Å²) in [7, 11) is 5.99. The highest BCUT2D eigenvalue weighted by Crippen LogP contribution is 2.19. The van der Waals surface area contributed by atoms with Crippen molar-refractivity contribution in [3.63, 3.8) is 0 Å². The van der Waals surface area contributed by atoms with E-state index in [-0.39, 0.29) is 32.2 Å². The smallest absolute Gasteiger partial charge is 0.361 e. The average Bonchev–Trinajstić information content (AvgIpc) is 3.64. The van der Waals surface area contributed by atoms with Crippen LogP contribution in [0, 0.1) is 0 Å². The number of quaternary nitrogens is 1. The normalized spacial score (nSPS) is 13.0.